The van der Waals surface area contributed by atoms with E-state index in [1.54, 1.807) is 0 Å². The molecule has 2 aromatic rings. The van der Waals surface area contributed by atoms with Crippen LogP contribution in [0, 0.1) is 0 Å². The van der Waals surface area contributed by atoms with E-state index in [9.17, 15) is 5.11 Å². The first-order chi connectivity index (χ1) is 12.4. The molecule has 0 aliphatic carbocycles. The van der Waals surface area contributed by atoms with Crippen molar-refractivity contribution in [3.05, 3.63) is 52.8 Å². The molecule has 1 unspecified atom stereocenters. The molecule has 0 aliphatic heterocycles. The summed E-state index contributed by atoms with van der Waals surface area (Å²) in [6.45, 7) is 17.6. The van der Waals surface area contributed by atoms with E-state index >= 15 is 0 Å². The molecule has 1 aromatic carbocycles. The number of nitrogens with zero attached hydrogens (tertiary/aromatic N) is 1. The highest BCUT2D eigenvalue weighted by molar-refractivity contribution is 5.49. The SMILES string of the molecule is CCC(C)n1ccc(CCCc2cc(C(C)(C)C)c(O)c(C(C)(C)C)c2)c1. The van der Waals surface area contributed by atoms with Gasteiger partial charge in [0.15, 0.2) is 0 Å². The number of phenols is 1. The number of benzene rings is 1. The van der Waals surface area contributed by atoms with Gasteiger partial charge in [-0.05, 0) is 71.8 Å². The van der Waals surface area contributed by atoms with Crippen LogP contribution in [0.5, 0.6) is 5.75 Å². The van der Waals surface area contributed by atoms with Gasteiger partial charge in [0.1, 0.15) is 5.75 Å². The van der Waals surface area contributed by atoms with Crippen molar-refractivity contribution in [2.75, 3.05) is 0 Å². The minimum atomic E-state index is -0.0619. The molecule has 0 aliphatic rings. The maximum absolute atomic E-state index is 10.9. The second-order valence-corrected chi connectivity index (χ2v) is 10.1. The molecule has 27 heavy (non-hydrogen) atoms. The molecule has 2 rings (SSSR count). The van der Waals surface area contributed by atoms with Gasteiger partial charge in [0, 0.05) is 18.4 Å². The first-order valence-corrected chi connectivity index (χ1v) is 10.5. The summed E-state index contributed by atoms with van der Waals surface area (Å²) in [5.74, 6) is 0.476. The van der Waals surface area contributed by atoms with Crippen molar-refractivity contribution in [1.29, 1.82) is 0 Å². The fraction of sp³-hybridized carbons (Fsp3) is 0.600. The van der Waals surface area contributed by atoms with Gasteiger partial charge >= 0.3 is 0 Å². The van der Waals surface area contributed by atoms with Gasteiger partial charge in [-0.2, -0.15) is 0 Å². The van der Waals surface area contributed by atoms with E-state index in [0.717, 1.165) is 36.8 Å². The Kier molecular flexibility index (Phi) is 6.50. The van der Waals surface area contributed by atoms with Crippen LogP contribution in [-0.4, -0.2) is 9.67 Å². The Balaban J connectivity index is 2.17. The van der Waals surface area contributed by atoms with Gasteiger partial charge in [-0.1, -0.05) is 60.6 Å². The van der Waals surface area contributed by atoms with E-state index in [0.29, 0.717) is 11.8 Å². The molecular weight excluding hydrogens is 330 g/mol. The fourth-order valence-corrected chi connectivity index (χ4v) is 3.57. The summed E-state index contributed by atoms with van der Waals surface area (Å²) in [4.78, 5) is 0. The summed E-state index contributed by atoms with van der Waals surface area (Å²) in [6.07, 6.45) is 8.93. The molecule has 2 nitrogen and oxygen atoms in total. The number of hydrogen-bond donors (Lipinski definition) is 1. The molecule has 1 heterocycles. The van der Waals surface area contributed by atoms with E-state index in [1.807, 2.05) is 0 Å². The second-order valence-electron chi connectivity index (χ2n) is 10.1. The first-order valence-electron chi connectivity index (χ1n) is 10.5. The highest BCUT2D eigenvalue weighted by Gasteiger charge is 2.26. The molecule has 0 bridgehead atoms. The van der Waals surface area contributed by atoms with E-state index in [4.69, 9.17) is 0 Å². The minimum absolute atomic E-state index is 0.0619. The maximum atomic E-state index is 10.9. The number of aromatic nitrogens is 1. The van der Waals surface area contributed by atoms with Gasteiger partial charge in [-0.3, -0.25) is 0 Å². The average molecular weight is 370 g/mol. The number of rotatable bonds is 6. The van der Waals surface area contributed by atoms with Crippen LogP contribution in [0.3, 0.4) is 0 Å². The first kappa shape index (κ1) is 21.6. The Bertz CT molecular complexity index is 720. The van der Waals surface area contributed by atoms with Crippen LogP contribution in [0.25, 0.3) is 0 Å². The molecule has 0 spiro atoms. The quantitative estimate of drug-likeness (QED) is 0.586. The largest absolute Gasteiger partial charge is 0.507 e. The number of aromatic hydroxyl groups is 1. The third-order valence-electron chi connectivity index (χ3n) is 5.59. The Morgan fingerprint density at radius 1 is 0.926 bits per heavy atom. The molecule has 0 saturated heterocycles. The topological polar surface area (TPSA) is 25.2 Å². The minimum Gasteiger partial charge on any atom is -0.507 e. The molecule has 2 heteroatoms. The zero-order chi connectivity index (χ0) is 20.4. The molecular formula is C25H39NO. The summed E-state index contributed by atoms with van der Waals surface area (Å²) in [5.41, 5.74) is 4.76. The fourth-order valence-electron chi connectivity index (χ4n) is 3.57. The van der Waals surface area contributed by atoms with Crippen molar-refractivity contribution in [2.24, 2.45) is 0 Å². The van der Waals surface area contributed by atoms with Crippen molar-refractivity contribution in [3.8, 4) is 5.75 Å². The normalized spacial score (nSPS) is 13.8. The average Bonchev–Trinajstić information content (AvgIpc) is 3.02. The van der Waals surface area contributed by atoms with Gasteiger partial charge in [0.05, 0.1) is 0 Å². The highest BCUT2D eigenvalue weighted by Crippen LogP contribution is 2.40. The van der Waals surface area contributed by atoms with Crippen LogP contribution in [0.1, 0.15) is 96.5 Å². The Labute approximate surface area is 166 Å². The zero-order valence-electron chi connectivity index (χ0n) is 18.7. The van der Waals surface area contributed by atoms with Crippen LogP contribution in [-0.2, 0) is 23.7 Å². The van der Waals surface area contributed by atoms with Crippen LogP contribution in [0.4, 0.5) is 0 Å². The summed E-state index contributed by atoms with van der Waals surface area (Å²) >= 11 is 0. The van der Waals surface area contributed by atoms with Crippen molar-refractivity contribution < 1.29 is 5.11 Å². The monoisotopic (exact) mass is 369 g/mol. The Morgan fingerprint density at radius 3 is 1.93 bits per heavy atom. The molecule has 150 valence electrons. The summed E-state index contributed by atoms with van der Waals surface area (Å²) in [5, 5.41) is 10.9. The lowest BCUT2D eigenvalue weighted by atomic mass is 9.78. The number of hydrogen-bond acceptors (Lipinski definition) is 1. The van der Waals surface area contributed by atoms with Crippen molar-refractivity contribution >= 4 is 0 Å². The molecule has 0 radical (unpaired) electrons. The zero-order valence-corrected chi connectivity index (χ0v) is 18.7. The van der Waals surface area contributed by atoms with E-state index in [-0.39, 0.29) is 10.8 Å². The van der Waals surface area contributed by atoms with Gasteiger partial charge < -0.3 is 9.67 Å². The lowest BCUT2D eigenvalue weighted by Gasteiger charge is -2.28. The number of aryl methyl sites for hydroxylation is 2. The van der Waals surface area contributed by atoms with Crippen LogP contribution in [0.15, 0.2) is 30.6 Å². The summed E-state index contributed by atoms with van der Waals surface area (Å²) < 4.78 is 2.32. The van der Waals surface area contributed by atoms with E-state index < -0.39 is 0 Å². The van der Waals surface area contributed by atoms with Crippen LogP contribution < -0.4 is 0 Å². The van der Waals surface area contributed by atoms with Crippen LogP contribution in [0.2, 0.25) is 0 Å². The molecule has 0 amide bonds. The lowest BCUT2D eigenvalue weighted by molar-refractivity contribution is 0.422. The molecule has 1 aromatic heterocycles. The molecule has 1 atom stereocenters. The summed E-state index contributed by atoms with van der Waals surface area (Å²) in [6, 6.07) is 7.26. The standard InChI is InChI=1S/C25H39NO/c1-9-18(2)26-14-13-19(17-26)11-10-12-20-15-21(24(3,4)5)23(27)22(16-20)25(6,7)8/h13-18,27H,9-12H2,1-8H3. The molecule has 0 fully saturated rings. The Hall–Kier alpha value is -1.70. The second kappa shape index (κ2) is 8.12. The predicted octanol–water partition coefficient (Wildman–Crippen LogP) is 6.94. The summed E-state index contributed by atoms with van der Waals surface area (Å²) in [7, 11) is 0. The highest BCUT2D eigenvalue weighted by atomic mass is 16.3. The van der Waals surface area contributed by atoms with Gasteiger partial charge in [0.2, 0.25) is 0 Å². The Morgan fingerprint density at radius 2 is 1.44 bits per heavy atom. The van der Waals surface area contributed by atoms with Gasteiger partial charge in [-0.25, -0.2) is 0 Å². The number of phenolic OH excluding ortho intramolecular Hbond substituents is 1. The van der Waals surface area contributed by atoms with Gasteiger partial charge in [-0.15, -0.1) is 0 Å². The van der Waals surface area contributed by atoms with Crippen molar-refractivity contribution in [3.63, 3.8) is 0 Å². The molecule has 1 N–H and O–H groups in total. The smallest absolute Gasteiger partial charge is 0.123 e. The van der Waals surface area contributed by atoms with Crippen molar-refractivity contribution in [2.45, 2.75) is 97.9 Å². The van der Waals surface area contributed by atoms with Crippen molar-refractivity contribution in [1.82, 2.24) is 4.57 Å². The predicted molar refractivity (Wildman–Crippen MR) is 117 cm³/mol. The third-order valence-corrected chi connectivity index (χ3v) is 5.59. The van der Waals surface area contributed by atoms with Crippen LogP contribution >= 0.6 is 0 Å². The maximum Gasteiger partial charge on any atom is 0.123 e. The lowest BCUT2D eigenvalue weighted by Crippen LogP contribution is -2.18. The van der Waals surface area contributed by atoms with E-state index in [2.05, 4.69) is 90.5 Å². The van der Waals surface area contributed by atoms with E-state index in [1.165, 1.54) is 11.1 Å². The third kappa shape index (κ3) is 5.40. The van der Waals surface area contributed by atoms with Gasteiger partial charge in [0.25, 0.3) is 0 Å². The molecule has 0 saturated carbocycles.